The van der Waals surface area contributed by atoms with Crippen LogP contribution in [-0.2, 0) is 71.9 Å². The summed E-state index contributed by atoms with van der Waals surface area (Å²) in [6, 6.07) is -2.02. The highest BCUT2D eigenvalue weighted by Gasteiger charge is 2.67. The Bertz CT molecular complexity index is 1080. The number of ether oxygens (including phenoxy) is 7. The summed E-state index contributed by atoms with van der Waals surface area (Å²) < 4.78 is 77.6. The fourth-order valence-corrected chi connectivity index (χ4v) is 4.46. The van der Waals surface area contributed by atoms with Crippen LogP contribution in [0.3, 0.4) is 0 Å². The Morgan fingerprint density at radius 1 is 0.923 bits per heavy atom. The van der Waals surface area contributed by atoms with Crippen LogP contribution in [0, 0.1) is 0 Å². The van der Waals surface area contributed by atoms with Crippen molar-refractivity contribution in [3.63, 3.8) is 0 Å². The minimum absolute atomic E-state index is 0.639. The molecule has 7 atom stereocenters. The monoisotopic (exact) mass is 587 g/mol. The molecular formula is C21H30FNO15S. The van der Waals surface area contributed by atoms with E-state index in [9.17, 15) is 37.2 Å². The molecule has 39 heavy (non-hydrogen) atoms. The van der Waals surface area contributed by atoms with Crippen molar-refractivity contribution >= 4 is 45.8 Å². The molecule has 0 spiro atoms. The number of nitrogens with one attached hydrogen (secondary N) is 1. The molecule has 0 saturated carbocycles. The summed E-state index contributed by atoms with van der Waals surface area (Å²) in [4.78, 5) is 72.0. The molecule has 0 aromatic rings. The van der Waals surface area contributed by atoms with Gasteiger partial charge in [0.2, 0.25) is 16.2 Å². The van der Waals surface area contributed by atoms with Gasteiger partial charge in [-0.25, -0.2) is 22.3 Å². The highest BCUT2D eigenvalue weighted by atomic mass is 32.2. The number of methoxy groups -OCH3 is 1. The number of carbonyl (C=O) groups excluding carboxylic acids is 6. The molecule has 0 aromatic heterocycles. The zero-order valence-corrected chi connectivity index (χ0v) is 22.9. The molecule has 1 saturated heterocycles. The standard InChI is InChI=1S/C21H30FNO15S/c1-9(24)33-8-14(34-10(2)25)16(35-11(3)26)17-15(23-39(7,30)31)18(36-12(4)27)19(22)21(38-17,20(29)32-6)37-13(5)28/h14-19,23H,8H2,1-7H3/t14?,15-,16+,17-,18-,19+,21-/m0/s1. The molecule has 0 aliphatic carbocycles. The van der Waals surface area contributed by atoms with E-state index in [2.05, 4.69) is 4.74 Å². The molecule has 1 aliphatic heterocycles. The normalized spacial score (nSPS) is 26.3. The van der Waals surface area contributed by atoms with Crippen molar-refractivity contribution in [1.29, 1.82) is 0 Å². The number of hydrogen-bond acceptors (Lipinski definition) is 15. The van der Waals surface area contributed by atoms with Gasteiger partial charge < -0.3 is 33.2 Å². The first-order chi connectivity index (χ1) is 17.8. The Morgan fingerprint density at radius 3 is 1.90 bits per heavy atom. The number of esters is 6. The topological polar surface area (TPSA) is 213 Å². The first kappa shape index (κ1) is 33.6. The Hall–Kier alpha value is -3.38. The summed E-state index contributed by atoms with van der Waals surface area (Å²) in [6.07, 6.45) is -10.5. The Kier molecular flexibility index (Phi) is 11.7. The highest BCUT2D eigenvalue weighted by molar-refractivity contribution is 7.88. The van der Waals surface area contributed by atoms with E-state index in [-0.39, 0.29) is 0 Å². The second-order valence-electron chi connectivity index (χ2n) is 8.25. The van der Waals surface area contributed by atoms with E-state index >= 15 is 4.39 Å². The number of carbonyl (C=O) groups is 6. The highest BCUT2D eigenvalue weighted by Crippen LogP contribution is 2.39. The van der Waals surface area contributed by atoms with Gasteiger partial charge in [-0.1, -0.05) is 0 Å². The van der Waals surface area contributed by atoms with Crippen LogP contribution in [0.25, 0.3) is 0 Å². The number of rotatable bonds is 11. The van der Waals surface area contributed by atoms with Gasteiger partial charge in [0.25, 0.3) is 0 Å². The molecule has 16 nitrogen and oxygen atoms in total. The molecule has 1 rings (SSSR count). The van der Waals surface area contributed by atoms with E-state index in [1.54, 1.807) is 0 Å². The third-order valence-corrected chi connectivity index (χ3v) is 5.55. The van der Waals surface area contributed by atoms with Gasteiger partial charge in [0.15, 0.2) is 18.3 Å². The van der Waals surface area contributed by atoms with E-state index < -0.39 is 94.9 Å². The molecule has 0 bridgehead atoms. The van der Waals surface area contributed by atoms with Crippen molar-refractivity contribution < 1.29 is 74.7 Å². The zero-order chi connectivity index (χ0) is 30.3. The van der Waals surface area contributed by atoms with Gasteiger partial charge in [-0.05, 0) is 0 Å². The molecule has 1 aliphatic rings. The van der Waals surface area contributed by atoms with Crippen LogP contribution in [0.5, 0.6) is 0 Å². The van der Waals surface area contributed by atoms with Gasteiger partial charge in [0, 0.05) is 34.6 Å². The summed E-state index contributed by atoms with van der Waals surface area (Å²) in [6.45, 7) is 3.58. The van der Waals surface area contributed by atoms with E-state index in [4.69, 9.17) is 28.4 Å². The van der Waals surface area contributed by atoms with E-state index in [0.717, 1.165) is 41.7 Å². The van der Waals surface area contributed by atoms with Gasteiger partial charge >= 0.3 is 41.6 Å². The van der Waals surface area contributed by atoms with Crippen molar-refractivity contribution in [1.82, 2.24) is 4.72 Å². The Balaban J connectivity index is 4.01. The van der Waals surface area contributed by atoms with Crippen molar-refractivity contribution in [2.75, 3.05) is 20.0 Å². The molecule has 1 fully saturated rings. The largest absolute Gasteiger partial charge is 0.464 e. The second-order valence-corrected chi connectivity index (χ2v) is 10.0. The third kappa shape index (κ3) is 9.39. The van der Waals surface area contributed by atoms with Gasteiger partial charge in [-0.2, -0.15) is 0 Å². The molecule has 1 heterocycles. The fourth-order valence-electron chi connectivity index (χ4n) is 3.70. The number of sulfonamides is 1. The lowest BCUT2D eigenvalue weighted by Crippen LogP contribution is -2.74. The van der Waals surface area contributed by atoms with E-state index in [1.165, 1.54) is 0 Å². The second kappa shape index (κ2) is 13.6. The summed E-state index contributed by atoms with van der Waals surface area (Å²) >= 11 is 0. The van der Waals surface area contributed by atoms with Crippen LogP contribution in [0.15, 0.2) is 0 Å². The molecular weight excluding hydrogens is 557 g/mol. The molecule has 0 aromatic carbocycles. The molecule has 1 N–H and O–H groups in total. The number of alkyl halides is 1. The lowest BCUT2D eigenvalue weighted by molar-refractivity contribution is -0.325. The van der Waals surface area contributed by atoms with Crippen molar-refractivity contribution in [3.05, 3.63) is 0 Å². The van der Waals surface area contributed by atoms with E-state index in [1.807, 2.05) is 4.72 Å². The Morgan fingerprint density at radius 2 is 1.49 bits per heavy atom. The van der Waals surface area contributed by atoms with Gasteiger partial charge in [-0.3, -0.25) is 24.0 Å². The maximum Gasteiger partial charge on any atom is 0.383 e. The van der Waals surface area contributed by atoms with Crippen molar-refractivity contribution in [2.45, 2.75) is 77.0 Å². The van der Waals surface area contributed by atoms with Crippen LogP contribution >= 0.6 is 0 Å². The minimum atomic E-state index is -4.32. The molecule has 18 heteroatoms. The molecule has 222 valence electrons. The maximum absolute atomic E-state index is 16.0. The van der Waals surface area contributed by atoms with Crippen molar-refractivity contribution in [2.24, 2.45) is 0 Å². The predicted molar refractivity (Wildman–Crippen MR) is 121 cm³/mol. The lowest BCUT2D eigenvalue weighted by atomic mass is 9.87. The van der Waals surface area contributed by atoms with Gasteiger partial charge in [0.1, 0.15) is 12.7 Å². The number of halogens is 1. The lowest BCUT2D eigenvalue weighted by Gasteiger charge is -2.49. The SMILES string of the molecule is COC(=O)[C@@]1(OC(C)=O)O[C@H]([C@H](OC(C)=O)C(COC(C)=O)OC(C)=O)[C@H](NS(C)(=O)=O)[C@H](OC(C)=O)[C@H]1F. The molecule has 0 radical (unpaired) electrons. The molecule has 0 amide bonds. The van der Waals surface area contributed by atoms with Crippen molar-refractivity contribution in [3.8, 4) is 0 Å². The fraction of sp³-hybridized carbons (Fsp3) is 0.714. The van der Waals surface area contributed by atoms with Crippen LogP contribution in [0.2, 0.25) is 0 Å². The third-order valence-electron chi connectivity index (χ3n) is 4.85. The Labute approximate surface area is 222 Å². The predicted octanol–water partition coefficient (Wildman–Crippen LogP) is -1.57. The van der Waals surface area contributed by atoms with E-state index in [0.29, 0.717) is 6.26 Å². The summed E-state index contributed by atoms with van der Waals surface area (Å²) in [5.41, 5.74) is 0. The van der Waals surface area contributed by atoms with Crippen LogP contribution < -0.4 is 4.72 Å². The van der Waals surface area contributed by atoms with Gasteiger partial charge in [0.05, 0.1) is 19.4 Å². The van der Waals surface area contributed by atoms with Crippen LogP contribution in [0.4, 0.5) is 4.39 Å². The van der Waals surface area contributed by atoms with Crippen LogP contribution in [-0.4, -0.2) is 107 Å². The average Bonchev–Trinajstić information content (AvgIpc) is 2.77. The summed E-state index contributed by atoms with van der Waals surface area (Å²) in [5.74, 6) is -10.5. The smallest absolute Gasteiger partial charge is 0.383 e. The quantitative estimate of drug-likeness (QED) is 0.214. The van der Waals surface area contributed by atoms with Gasteiger partial charge in [-0.15, -0.1) is 0 Å². The number of hydrogen-bond donors (Lipinski definition) is 1. The summed E-state index contributed by atoms with van der Waals surface area (Å²) in [5, 5.41) is 0. The summed E-state index contributed by atoms with van der Waals surface area (Å²) in [7, 11) is -3.55. The minimum Gasteiger partial charge on any atom is -0.464 e. The average molecular weight is 588 g/mol. The maximum atomic E-state index is 16.0. The molecule has 1 unspecified atom stereocenters. The first-order valence-electron chi connectivity index (χ1n) is 11.1. The first-order valence-corrected chi connectivity index (χ1v) is 13.0. The van der Waals surface area contributed by atoms with Crippen LogP contribution in [0.1, 0.15) is 34.6 Å². The zero-order valence-electron chi connectivity index (χ0n) is 22.1.